The van der Waals surface area contributed by atoms with Crippen molar-refractivity contribution in [1.29, 1.82) is 0 Å². The average molecular weight is 368 g/mol. The van der Waals surface area contributed by atoms with Crippen LogP contribution in [0.25, 0.3) is 10.2 Å². The summed E-state index contributed by atoms with van der Waals surface area (Å²) in [5, 5.41) is 0. The first kappa shape index (κ1) is 17.7. The summed E-state index contributed by atoms with van der Waals surface area (Å²) in [6.07, 6.45) is 3.55. The fraction of sp³-hybridized carbons (Fsp3) is 0.471. The van der Waals surface area contributed by atoms with Gasteiger partial charge in [-0.3, -0.25) is 9.59 Å². The molecule has 0 unspecified atom stereocenters. The number of fused-ring (bicyclic) bond motifs is 1. The number of aromatic nitrogens is 1. The van der Waals surface area contributed by atoms with Crippen LogP contribution in [0.15, 0.2) is 17.1 Å². The SMILES string of the molecule is CCOC(=O)Cn1c(=NC(=O)C2CCCC2)sc2cc(F)cc(F)c21. The maximum absolute atomic E-state index is 14.3. The number of carbonyl (C=O) groups excluding carboxylic acids is 2. The fourth-order valence-corrected chi connectivity index (χ4v) is 4.13. The van der Waals surface area contributed by atoms with E-state index in [0.29, 0.717) is 4.70 Å². The molecule has 2 aromatic rings. The first-order valence-corrected chi connectivity index (χ1v) is 9.03. The van der Waals surface area contributed by atoms with Crippen LogP contribution in [0, 0.1) is 17.6 Å². The molecule has 0 bridgehead atoms. The summed E-state index contributed by atoms with van der Waals surface area (Å²) >= 11 is 0.987. The van der Waals surface area contributed by atoms with Gasteiger partial charge in [0.2, 0.25) is 0 Å². The Bertz CT molecular complexity index is 882. The van der Waals surface area contributed by atoms with Gasteiger partial charge in [-0.15, -0.1) is 0 Å². The summed E-state index contributed by atoms with van der Waals surface area (Å²) in [6.45, 7) is 1.57. The molecule has 1 aromatic carbocycles. The van der Waals surface area contributed by atoms with Crippen LogP contribution in [0.4, 0.5) is 8.78 Å². The molecule has 0 spiro atoms. The molecule has 0 aliphatic heterocycles. The molecule has 8 heteroatoms. The highest BCUT2D eigenvalue weighted by Crippen LogP contribution is 2.26. The zero-order valence-corrected chi connectivity index (χ0v) is 14.6. The summed E-state index contributed by atoms with van der Waals surface area (Å²) in [6, 6.07) is 1.92. The second-order valence-corrected chi connectivity index (χ2v) is 6.95. The lowest BCUT2D eigenvalue weighted by Gasteiger charge is -2.06. The summed E-state index contributed by atoms with van der Waals surface area (Å²) < 4.78 is 34.3. The number of amides is 1. The van der Waals surface area contributed by atoms with Crippen LogP contribution in [-0.2, 0) is 20.9 Å². The Morgan fingerprint density at radius 3 is 2.72 bits per heavy atom. The highest BCUT2D eigenvalue weighted by molar-refractivity contribution is 7.16. The van der Waals surface area contributed by atoms with Crippen LogP contribution >= 0.6 is 11.3 Å². The van der Waals surface area contributed by atoms with E-state index in [1.165, 1.54) is 10.6 Å². The molecule has 0 atom stereocenters. The molecule has 5 nitrogen and oxygen atoms in total. The lowest BCUT2D eigenvalue weighted by molar-refractivity contribution is -0.143. The largest absolute Gasteiger partial charge is 0.465 e. The third-order valence-corrected chi connectivity index (χ3v) is 5.22. The molecule has 25 heavy (non-hydrogen) atoms. The maximum Gasteiger partial charge on any atom is 0.326 e. The van der Waals surface area contributed by atoms with E-state index in [-0.39, 0.29) is 35.3 Å². The van der Waals surface area contributed by atoms with Crippen LogP contribution in [0.3, 0.4) is 0 Å². The lowest BCUT2D eigenvalue weighted by atomic mass is 10.1. The number of hydrogen-bond acceptors (Lipinski definition) is 4. The van der Waals surface area contributed by atoms with Crippen molar-refractivity contribution in [3.8, 4) is 0 Å². The van der Waals surface area contributed by atoms with Gasteiger partial charge in [-0.2, -0.15) is 4.99 Å². The number of benzene rings is 1. The van der Waals surface area contributed by atoms with Gasteiger partial charge in [0.25, 0.3) is 5.91 Å². The van der Waals surface area contributed by atoms with Gasteiger partial charge in [0, 0.05) is 12.0 Å². The molecule has 1 heterocycles. The first-order valence-electron chi connectivity index (χ1n) is 8.22. The van der Waals surface area contributed by atoms with E-state index < -0.39 is 17.6 Å². The van der Waals surface area contributed by atoms with Gasteiger partial charge in [-0.05, 0) is 25.8 Å². The number of hydrogen-bond donors (Lipinski definition) is 0. The molecule has 3 rings (SSSR count). The summed E-state index contributed by atoms with van der Waals surface area (Å²) in [4.78, 5) is 28.5. The molecule has 0 radical (unpaired) electrons. The minimum Gasteiger partial charge on any atom is -0.465 e. The smallest absolute Gasteiger partial charge is 0.326 e. The van der Waals surface area contributed by atoms with Crippen LogP contribution in [0.5, 0.6) is 0 Å². The molecule has 0 N–H and O–H groups in total. The number of carbonyl (C=O) groups is 2. The van der Waals surface area contributed by atoms with Crippen molar-refractivity contribution in [2.45, 2.75) is 39.2 Å². The van der Waals surface area contributed by atoms with Crippen molar-refractivity contribution in [3.05, 3.63) is 28.6 Å². The zero-order chi connectivity index (χ0) is 18.0. The predicted molar refractivity (Wildman–Crippen MR) is 88.9 cm³/mol. The molecule has 0 saturated heterocycles. The second kappa shape index (κ2) is 7.43. The average Bonchev–Trinajstić information content (AvgIpc) is 3.16. The topological polar surface area (TPSA) is 60.7 Å². The van der Waals surface area contributed by atoms with Gasteiger partial charge >= 0.3 is 5.97 Å². The monoisotopic (exact) mass is 368 g/mol. The Kier molecular flexibility index (Phi) is 5.27. The highest BCUT2D eigenvalue weighted by atomic mass is 32.1. The van der Waals surface area contributed by atoms with E-state index in [4.69, 9.17) is 4.74 Å². The van der Waals surface area contributed by atoms with E-state index in [1.807, 2.05) is 0 Å². The van der Waals surface area contributed by atoms with Gasteiger partial charge < -0.3 is 9.30 Å². The normalized spacial score (nSPS) is 15.9. The highest BCUT2D eigenvalue weighted by Gasteiger charge is 2.23. The lowest BCUT2D eigenvalue weighted by Crippen LogP contribution is -2.24. The van der Waals surface area contributed by atoms with Gasteiger partial charge in [-0.1, -0.05) is 24.2 Å². The van der Waals surface area contributed by atoms with E-state index in [2.05, 4.69) is 4.99 Å². The number of rotatable bonds is 4. The molecular formula is C17H18F2N2O3S. The Balaban J connectivity index is 2.10. The molecule has 1 aliphatic carbocycles. The maximum atomic E-state index is 14.3. The Morgan fingerprint density at radius 1 is 1.32 bits per heavy atom. The number of nitrogens with zero attached hydrogens (tertiary/aromatic N) is 2. The van der Waals surface area contributed by atoms with Gasteiger partial charge in [0.05, 0.1) is 16.8 Å². The van der Waals surface area contributed by atoms with Crippen LogP contribution < -0.4 is 4.80 Å². The second-order valence-electron chi connectivity index (χ2n) is 5.94. The molecular weight excluding hydrogens is 350 g/mol. The van der Waals surface area contributed by atoms with Crippen molar-refractivity contribution in [3.63, 3.8) is 0 Å². The molecule has 1 amide bonds. The Hall–Kier alpha value is -2.09. The molecule has 1 aromatic heterocycles. The number of esters is 1. The minimum absolute atomic E-state index is 0.0532. The Morgan fingerprint density at radius 2 is 2.04 bits per heavy atom. The third kappa shape index (κ3) is 3.78. The predicted octanol–water partition coefficient (Wildman–Crippen LogP) is 3.16. The standard InChI is InChI=1S/C17H18F2N2O3S/c1-2-24-14(22)9-21-15-12(19)7-11(18)8-13(15)25-17(21)20-16(23)10-5-3-4-6-10/h7-8,10H,2-6,9H2,1H3. The van der Waals surface area contributed by atoms with Gasteiger partial charge in [-0.25, -0.2) is 8.78 Å². The van der Waals surface area contributed by atoms with E-state index >= 15 is 0 Å². The number of ether oxygens (including phenoxy) is 1. The fourth-order valence-electron chi connectivity index (χ4n) is 3.06. The summed E-state index contributed by atoms with van der Waals surface area (Å²) in [5.74, 6) is -2.50. The first-order chi connectivity index (χ1) is 12.0. The third-order valence-electron chi connectivity index (χ3n) is 4.20. The Labute approximate surface area is 146 Å². The molecule has 1 saturated carbocycles. The van der Waals surface area contributed by atoms with Crippen LogP contribution in [0.2, 0.25) is 0 Å². The number of thiazole rings is 1. The van der Waals surface area contributed by atoms with Crippen LogP contribution in [0.1, 0.15) is 32.6 Å². The van der Waals surface area contributed by atoms with E-state index in [0.717, 1.165) is 43.1 Å². The van der Waals surface area contributed by atoms with Crippen molar-refractivity contribution < 1.29 is 23.1 Å². The minimum atomic E-state index is -0.801. The van der Waals surface area contributed by atoms with Crippen molar-refractivity contribution in [2.24, 2.45) is 10.9 Å². The summed E-state index contributed by atoms with van der Waals surface area (Å²) in [5.41, 5.74) is 0.0532. The number of halogens is 2. The van der Waals surface area contributed by atoms with Crippen LogP contribution in [-0.4, -0.2) is 23.1 Å². The molecule has 1 aliphatic rings. The summed E-state index contributed by atoms with van der Waals surface area (Å²) in [7, 11) is 0. The van der Waals surface area contributed by atoms with E-state index in [9.17, 15) is 18.4 Å². The molecule has 1 fully saturated rings. The van der Waals surface area contributed by atoms with E-state index in [1.54, 1.807) is 6.92 Å². The van der Waals surface area contributed by atoms with Crippen molar-refractivity contribution in [1.82, 2.24) is 4.57 Å². The van der Waals surface area contributed by atoms with Crippen molar-refractivity contribution >= 4 is 33.4 Å². The quantitative estimate of drug-likeness (QED) is 0.779. The van der Waals surface area contributed by atoms with Crippen molar-refractivity contribution in [2.75, 3.05) is 6.61 Å². The zero-order valence-electron chi connectivity index (χ0n) is 13.8. The molecule has 134 valence electrons. The van der Waals surface area contributed by atoms with Gasteiger partial charge in [0.15, 0.2) is 10.6 Å². The van der Waals surface area contributed by atoms with Gasteiger partial charge in [0.1, 0.15) is 12.4 Å².